The third kappa shape index (κ3) is 4.32. The van der Waals surface area contributed by atoms with Gasteiger partial charge in [-0.2, -0.15) is 0 Å². The van der Waals surface area contributed by atoms with Crippen molar-refractivity contribution in [3.05, 3.63) is 59.7 Å². The van der Waals surface area contributed by atoms with Crippen LogP contribution >= 0.6 is 0 Å². The van der Waals surface area contributed by atoms with Gasteiger partial charge >= 0.3 is 0 Å². The van der Waals surface area contributed by atoms with Gasteiger partial charge in [0.25, 0.3) is 5.91 Å². The van der Waals surface area contributed by atoms with Gasteiger partial charge in [0.1, 0.15) is 11.9 Å². The summed E-state index contributed by atoms with van der Waals surface area (Å²) in [7, 11) is 0. The number of aryl methyl sites for hydroxylation is 1. The molecule has 120 valence electrons. The van der Waals surface area contributed by atoms with Crippen LogP contribution in [0, 0.1) is 0 Å². The van der Waals surface area contributed by atoms with E-state index < -0.39 is 12.1 Å². The summed E-state index contributed by atoms with van der Waals surface area (Å²) in [6.07, 6.45) is -0.226. The topological polar surface area (TPSA) is 78.5 Å². The maximum absolute atomic E-state index is 12.3. The van der Waals surface area contributed by atoms with Gasteiger partial charge in [-0.05, 0) is 49.2 Å². The van der Waals surface area contributed by atoms with Crippen molar-refractivity contribution in [2.24, 2.45) is 0 Å². The van der Waals surface area contributed by atoms with Crippen molar-refractivity contribution in [3.63, 3.8) is 0 Å². The Kier molecular flexibility index (Phi) is 5.36. The summed E-state index contributed by atoms with van der Waals surface area (Å²) >= 11 is 0. The predicted octanol–water partition coefficient (Wildman–Crippen LogP) is 2.02. The molecule has 2 aromatic carbocycles. The van der Waals surface area contributed by atoms with Crippen molar-refractivity contribution in [2.75, 3.05) is 5.32 Å². The second-order valence-corrected chi connectivity index (χ2v) is 5.07. The van der Waals surface area contributed by atoms with E-state index in [-0.39, 0.29) is 5.91 Å². The van der Waals surface area contributed by atoms with Crippen molar-refractivity contribution >= 4 is 17.6 Å². The molecule has 2 rings (SSSR count). The van der Waals surface area contributed by atoms with Gasteiger partial charge in [0.05, 0.1) is 5.97 Å². The van der Waals surface area contributed by atoms with E-state index in [2.05, 4.69) is 5.32 Å². The molecule has 0 unspecified atom stereocenters. The van der Waals surface area contributed by atoms with Crippen molar-refractivity contribution in [3.8, 4) is 5.75 Å². The first-order valence-corrected chi connectivity index (χ1v) is 7.38. The van der Waals surface area contributed by atoms with E-state index in [9.17, 15) is 14.7 Å². The van der Waals surface area contributed by atoms with Crippen LogP contribution in [0.2, 0.25) is 0 Å². The summed E-state index contributed by atoms with van der Waals surface area (Å²) in [6.45, 7) is 3.41. The van der Waals surface area contributed by atoms with Crippen molar-refractivity contribution in [1.82, 2.24) is 0 Å². The number of nitrogens with one attached hydrogen (secondary N) is 1. The first-order valence-electron chi connectivity index (χ1n) is 7.38. The second kappa shape index (κ2) is 7.45. The van der Waals surface area contributed by atoms with Gasteiger partial charge in [-0.3, -0.25) is 4.79 Å². The fourth-order valence-electron chi connectivity index (χ4n) is 2.08. The lowest BCUT2D eigenvalue weighted by Crippen LogP contribution is -2.37. The highest BCUT2D eigenvalue weighted by molar-refractivity contribution is 6.04. The first-order chi connectivity index (χ1) is 11.0. The van der Waals surface area contributed by atoms with E-state index >= 15 is 0 Å². The normalized spacial score (nSPS) is 11.6. The van der Waals surface area contributed by atoms with Crippen molar-refractivity contribution in [1.29, 1.82) is 0 Å². The van der Waals surface area contributed by atoms with Gasteiger partial charge in [-0.15, -0.1) is 0 Å². The average Bonchev–Trinajstić information content (AvgIpc) is 2.55. The van der Waals surface area contributed by atoms with Crippen LogP contribution < -0.4 is 15.2 Å². The van der Waals surface area contributed by atoms with Crippen molar-refractivity contribution < 1.29 is 19.4 Å². The molecule has 0 fully saturated rings. The first kappa shape index (κ1) is 16.5. The van der Waals surface area contributed by atoms with Crippen LogP contribution in [0.25, 0.3) is 0 Å². The third-order valence-electron chi connectivity index (χ3n) is 3.41. The lowest BCUT2D eigenvalue weighted by molar-refractivity contribution is -0.312. The number of amides is 1. The number of benzene rings is 2. The summed E-state index contributed by atoms with van der Waals surface area (Å²) < 4.78 is 5.17. The van der Waals surface area contributed by atoms with Gasteiger partial charge in [-0.1, -0.05) is 25.1 Å². The fraction of sp³-hybridized carbons (Fsp3) is 0.222. The highest BCUT2D eigenvalue weighted by Crippen LogP contribution is 2.18. The van der Waals surface area contributed by atoms with Crippen LogP contribution in [0.15, 0.2) is 48.5 Å². The Morgan fingerprint density at radius 2 is 1.78 bits per heavy atom. The van der Waals surface area contributed by atoms with E-state index in [1.807, 2.05) is 31.2 Å². The Morgan fingerprint density at radius 3 is 2.39 bits per heavy atom. The van der Waals surface area contributed by atoms with Crippen LogP contribution in [-0.2, 0) is 11.2 Å². The van der Waals surface area contributed by atoms with Crippen LogP contribution in [0.3, 0.4) is 0 Å². The number of para-hydroxylation sites is 1. The van der Waals surface area contributed by atoms with Crippen LogP contribution in [0.5, 0.6) is 5.75 Å². The number of carboxylic acids is 1. The zero-order valence-corrected chi connectivity index (χ0v) is 13.0. The zero-order valence-electron chi connectivity index (χ0n) is 13.0. The number of carbonyl (C=O) groups is 2. The number of aliphatic carboxylic acids is 1. The molecule has 0 saturated heterocycles. The lowest BCUT2D eigenvalue weighted by atomic mass is 10.1. The van der Waals surface area contributed by atoms with E-state index in [0.29, 0.717) is 11.3 Å². The standard InChI is InChI=1S/C18H19NO4/c1-3-13-6-4-5-7-16(13)19-17(20)14-8-10-15(11-9-14)23-12(2)18(21)22/h4-12H,3H2,1-2H3,(H,19,20)(H,21,22)/p-1/t12-/m1/s1. The second-order valence-electron chi connectivity index (χ2n) is 5.07. The van der Waals surface area contributed by atoms with Gasteiger partial charge in [0.15, 0.2) is 0 Å². The Hall–Kier alpha value is -2.82. The molecule has 0 aliphatic heterocycles. The monoisotopic (exact) mass is 312 g/mol. The van der Waals surface area contributed by atoms with E-state index in [1.165, 1.54) is 6.92 Å². The Bertz CT molecular complexity index is 694. The molecule has 1 N–H and O–H groups in total. The smallest absolute Gasteiger partial charge is 0.255 e. The number of rotatable bonds is 6. The minimum absolute atomic E-state index is 0.231. The summed E-state index contributed by atoms with van der Waals surface area (Å²) in [5, 5.41) is 13.5. The van der Waals surface area contributed by atoms with Crippen LogP contribution in [0.1, 0.15) is 29.8 Å². The number of anilines is 1. The lowest BCUT2D eigenvalue weighted by Gasteiger charge is -2.15. The van der Waals surface area contributed by atoms with Gasteiger partial charge in [0.2, 0.25) is 0 Å². The zero-order chi connectivity index (χ0) is 16.8. The van der Waals surface area contributed by atoms with Gasteiger partial charge < -0.3 is 20.0 Å². The summed E-state index contributed by atoms with van der Waals surface area (Å²) in [4.78, 5) is 22.9. The molecular formula is C18H18NO4-. The molecule has 23 heavy (non-hydrogen) atoms. The van der Waals surface area contributed by atoms with Crippen molar-refractivity contribution in [2.45, 2.75) is 26.4 Å². The van der Waals surface area contributed by atoms with E-state index in [4.69, 9.17) is 4.74 Å². The average molecular weight is 312 g/mol. The largest absolute Gasteiger partial charge is 0.546 e. The van der Waals surface area contributed by atoms with Gasteiger partial charge in [-0.25, -0.2) is 0 Å². The Labute approximate surface area is 134 Å². The quantitative estimate of drug-likeness (QED) is 0.885. The molecule has 0 spiro atoms. The Morgan fingerprint density at radius 1 is 1.13 bits per heavy atom. The highest BCUT2D eigenvalue weighted by Gasteiger charge is 2.09. The summed E-state index contributed by atoms with van der Waals surface area (Å²) in [5.41, 5.74) is 2.30. The summed E-state index contributed by atoms with van der Waals surface area (Å²) in [5.74, 6) is -1.15. The van der Waals surface area contributed by atoms with E-state index in [0.717, 1.165) is 17.7 Å². The molecule has 0 aliphatic rings. The molecule has 0 saturated carbocycles. The van der Waals surface area contributed by atoms with Crippen LogP contribution in [0.4, 0.5) is 5.69 Å². The Balaban J connectivity index is 2.07. The SMILES string of the molecule is CCc1ccccc1NC(=O)c1ccc(O[C@H](C)C(=O)[O-])cc1. The molecule has 1 amide bonds. The molecule has 0 radical (unpaired) electrons. The number of carbonyl (C=O) groups excluding carboxylic acids is 2. The molecule has 1 atom stereocenters. The highest BCUT2D eigenvalue weighted by atomic mass is 16.5. The maximum atomic E-state index is 12.3. The molecule has 0 heterocycles. The van der Waals surface area contributed by atoms with Gasteiger partial charge in [0, 0.05) is 11.3 Å². The van der Waals surface area contributed by atoms with E-state index in [1.54, 1.807) is 24.3 Å². The minimum atomic E-state index is -1.29. The number of hydrogen-bond donors (Lipinski definition) is 1. The number of ether oxygens (including phenoxy) is 1. The minimum Gasteiger partial charge on any atom is -0.546 e. The molecular weight excluding hydrogens is 294 g/mol. The molecule has 5 nitrogen and oxygen atoms in total. The molecule has 2 aromatic rings. The number of carboxylic acid groups (broad SMARTS) is 1. The fourth-order valence-corrected chi connectivity index (χ4v) is 2.08. The third-order valence-corrected chi connectivity index (χ3v) is 3.41. The predicted molar refractivity (Wildman–Crippen MR) is 85.3 cm³/mol. The molecule has 0 aliphatic carbocycles. The molecule has 5 heteroatoms. The molecule has 0 aromatic heterocycles. The molecule has 0 bridgehead atoms. The number of hydrogen-bond acceptors (Lipinski definition) is 4. The summed E-state index contributed by atoms with van der Waals surface area (Å²) in [6, 6.07) is 13.9. The maximum Gasteiger partial charge on any atom is 0.255 e. The van der Waals surface area contributed by atoms with Crippen LogP contribution in [-0.4, -0.2) is 18.0 Å².